The molecule has 110 valence electrons. The second kappa shape index (κ2) is 5.48. The van der Waals surface area contributed by atoms with Crippen LogP contribution in [0.15, 0.2) is 12.1 Å². The second-order valence-electron chi connectivity index (χ2n) is 3.57. The van der Waals surface area contributed by atoms with Crippen LogP contribution in [0.25, 0.3) is 0 Å². The third-order valence-corrected chi connectivity index (χ3v) is 2.12. The number of nitrogens with zero attached hydrogens (tertiary/aromatic N) is 1. The SMILES string of the molecule is COc1cc(C(F)(F)F)cc(OCC(F)(F)F)c1C#N. The molecule has 0 unspecified atom stereocenters. The van der Waals surface area contributed by atoms with Crippen molar-refractivity contribution in [2.75, 3.05) is 13.7 Å². The summed E-state index contributed by atoms with van der Waals surface area (Å²) in [6.45, 7) is -1.81. The highest BCUT2D eigenvalue weighted by Gasteiger charge is 2.34. The molecule has 0 aliphatic rings. The molecular weight excluding hydrogens is 292 g/mol. The first kappa shape index (κ1) is 15.9. The van der Waals surface area contributed by atoms with E-state index in [9.17, 15) is 26.3 Å². The van der Waals surface area contributed by atoms with Crippen LogP contribution in [0.1, 0.15) is 11.1 Å². The standard InChI is InChI=1S/C11H7F6NO2/c1-19-8-2-6(11(15,16)17)3-9(7(8)4-18)20-5-10(12,13)14/h2-3H,5H2,1H3. The molecule has 0 aliphatic carbocycles. The van der Waals surface area contributed by atoms with E-state index in [0.717, 1.165) is 7.11 Å². The summed E-state index contributed by atoms with van der Waals surface area (Å²) >= 11 is 0. The highest BCUT2D eigenvalue weighted by molar-refractivity contribution is 5.55. The summed E-state index contributed by atoms with van der Waals surface area (Å²) < 4.78 is 82.6. The molecule has 9 heteroatoms. The van der Waals surface area contributed by atoms with Crippen LogP contribution in [0.3, 0.4) is 0 Å². The molecule has 1 rings (SSSR count). The topological polar surface area (TPSA) is 42.2 Å². The summed E-state index contributed by atoms with van der Waals surface area (Å²) in [7, 11) is 0.990. The molecular formula is C11H7F6NO2. The van der Waals surface area contributed by atoms with E-state index in [-0.39, 0.29) is 0 Å². The lowest BCUT2D eigenvalue weighted by Gasteiger charge is -2.15. The van der Waals surface area contributed by atoms with Crippen molar-refractivity contribution in [3.63, 3.8) is 0 Å². The van der Waals surface area contributed by atoms with E-state index in [1.165, 1.54) is 6.07 Å². The van der Waals surface area contributed by atoms with Crippen LogP contribution in [0.4, 0.5) is 26.3 Å². The van der Waals surface area contributed by atoms with Crippen molar-refractivity contribution < 1.29 is 35.8 Å². The zero-order chi connectivity index (χ0) is 15.6. The number of hydrogen-bond donors (Lipinski definition) is 0. The van der Waals surface area contributed by atoms with E-state index in [2.05, 4.69) is 9.47 Å². The van der Waals surface area contributed by atoms with E-state index in [1.54, 1.807) is 0 Å². The normalized spacial score (nSPS) is 11.9. The van der Waals surface area contributed by atoms with Crippen LogP contribution < -0.4 is 9.47 Å². The van der Waals surface area contributed by atoms with Crippen LogP contribution in [0.2, 0.25) is 0 Å². The third kappa shape index (κ3) is 3.94. The van der Waals surface area contributed by atoms with E-state index >= 15 is 0 Å². The summed E-state index contributed by atoms with van der Waals surface area (Å²) in [5, 5.41) is 8.78. The maximum absolute atomic E-state index is 12.6. The van der Waals surface area contributed by atoms with Gasteiger partial charge in [-0.25, -0.2) is 0 Å². The van der Waals surface area contributed by atoms with Crippen molar-refractivity contribution in [3.8, 4) is 17.6 Å². The number of methoxy groups -OCH3 is 1. The third-order valence-electron chi connectivity index (χ3n) is 2.12. The average molecular weight is 299 g/mol. The number of benzene rings is 1. The van der Waals surface area contributed by atoms with Gasteiger partial charge in [-0.3, -0.25) is 0 Å². The second-order valence-corrected chi connectivity index (χ2v) is 3.57. The van der Waals surface area contributed by atoms with Gasteiger partial charge in [0.1, 0.15) is 23.1 Å². The molecule has 0 spiro atoms. The van der Waals surface area contributed by atoms with Gasteiger partial charge in [-0.1, -0.05) is 0 Å². The Hall–Kier alpha value is -2.11. The van der Waals surface area contributed by atoms with Crippen LogP contribution in [-0.4, -0.2) is 19.9 Å². The Bertz CT molecular complexity index is 529. The zero-order valence-corrected chi connectivity index (χ0v) is 9.89. The summed E-state index contributed by atoms with van der Waals surface area (Å²) in [5.41, 5.74) is -1.81. The molecule has 0 N–H and O–H groups in total. The monoisotopic (exact) mass is 299 g/mol. The molecule has 1 aromatic rings. The summed E-state index contributed by atoms with van der Waals surface area (Å²) in [6.07, 6.45) is -9.55. The Labute approximate surface area is 109 Å². The fourth-order valence-electron chi connectivity index (χ4n) is 1.30. The minimum Gasteiger partial charge on any atom is -0.495 e. The van der Waals surface area contributed by atoms with E-state index in [4.69, 9.17) is 5.26 Å². The molecule has 0 saturated heterocycles. The molecule has 3 nitrogen and oxygen atoms in total. The van der Waals surface area contributed by atoms with Gasteiger partial charge in [0.2, 0.25) is 0 Å². The lowest BCUT2D eigenvalue weighted by molar-refractivity contribution is -0.153. The molecule has 0 radical (unpaired) electrons. The molecule has 0 fully saturated rings. The molecule has 0 aliphatic heterocycles. The predicted octanol–water partition coefficient (Wildman–Crippen LogP) is 3.53. The minimum atomic E-state index is -4.81. The Balaban J connectivity index is 3.29. The smallest absolute Gasteiger partial charge is 0.422 e. The first-order chi connectivity index (χ1) is 9.08. The molecule has 0 aromatic heterocycles. The zero-order valence-electron chi connectivity index (χ0n) is 9.89. The van der Waals surface area contributed by atoms with Crippen LogP contribution in [0, 0.1) is 11.3 Å². The highest BCUT2D eigenvalue weighted by atomic mass is 19.4. The van der Waals surface area contributed by atoms with Gasteiger partial charge in [-0.05, 0) is 12.1 Å². The van der Waals surface area contributed by atoms with Crippen molar-refractivity contribution in [1.29, 1.82) is 5.26 Å². The van der Waals surface area contributed by atoms with Crippen molar-refractivity contribution >= 4 is 0 Å². The molecule has 0 saturated carbocycles. The van der Waals surface area contributed by atoms with Gasteiger partial charge in [-0.2, -0.15) is 31.6 Å². The number of nitriles is 1. The van der Waals surface area contributed by atoms with Gasteiger partial charge in [0.15, 0.2) is 6.61 Å². The van der Waals surface area contributed by atoms with Gasteiger partial charge in [0.25, 0.3) is 0 Å². The first-order valence-electron chi connectivity index (χ1n) is 4.97. The number of hydrogen-bond acceptors (Lipinski definition) is 3. The number of alkyl halides is 6. The van der Waals surface area contributed by atoms with E-state index < -0.39 is 41.6 Å². The molecule has 1 aromatic carbocycles. The number of ether oxygens (including phenoxy) is 2. The summed E-state index contributed by atoms with van der Waals surface area (Å²) in [4.78, 5) is 0. The summed E-state index contributed by atoms with van der Waals surface area (Å²) in [5.74, 6) is -1.35. The van der Waals surface area contributed by atoms with Crippen LogP contribution in [-0.2, 0) is 6.18 Å². The predicted molar refractivity (Wildman–Crippen MR) is 54.3 cm³/mol. The number of halogens is 6. The van der Waals surface area contributed by atoms with Crippen LogP contribution in [0.5, 0.6) is 11.5 Å². The minimum absolute atomic E-state index is 0.326. The van der Waals surface area contributed by atoms with Crippen LogP contribution >= 0.6 is 0 Å². The van der Waals surface area contributed by atoms with Gasteiger partial charge in [-0.15, -0.1) is 0 Å². The highest BCUT2D eigenvalue weighted by Crippen LogP contribution is 2.38. The summed E-state index contributed by atoms with van der Waals surface area (Å²) in [6, 6.07) is 2.28. The van der Waals surface area contributed by atoms with Crippen molar-refractivity contribution in [1.82, 2.24) is 0 Å². The van der Waals surface area contributed by atoms with Gasteiger partial charge in [0, 0.05) is 0 Å². The molecule has 0 amide bonds. The number of rotatable bonds is 3. The molecule has 0 atom stereocenters. The Kier molecular flexibility index (Phi) is 4.37. The Morgan fingerprint density at radius 2 is 1.65 bits per heavy atom. The Morgan fingerprint density at radius 3 is 2.05 bits per heavy atom. The lowest BCUT2D eigenvalue weighted by atomic mass is 10.1. The largest absolute Gasteiger partial charge is 0.495 e. The fourth-order valence-corrected chi connectivity index (χ4v) is 1.30. The van der Waals surface area contributed by atoms with E-state index in [1.807, 2.05) is 0 Å². The molecule has 0 bridgehead atoms. The molecule has 0 heterocycles. The fraction of sp³-hybridized carbons (Fsp3) is 0.364. The van der Waals surface area contributed by atoms with Gasteiger partial charge >= 0.3 is 12.4 Å². The lowest BCUT2D eigenvalue weighted by Crippen LogP contribution is -2.20. The van der Waals surface area contributed by atoms with Crippen molar-refractivity contribution in [2.24, 2.45) is 0 Å². The maximum Gasteiger partial charge on any atom is 0.422 e. The van der Waals surface area contributed by atoms with Gasteiger partial charge < -0.3 is 9.47 Å². The van der Waals surface area contributed by atoms with Crippen molar-refractivity contribution in [2.45, 2.75) is 12.4 Å². The quantitative estimate of drug-likeness (QED) is 0.802. The van der Waals surface area contributed by atoms with Gasteiger partial charge in [0.05, 0.1) is 12.7 Å². The first-order valence-corrected chi connectivity index (χ1v) is 4.97. The maximum atomic E-state index is 12.6. The average Bonchev–Trinajstić information content (AvgIpc) is 2.32. The van der Waals surface area contributed by atoms with Crippen molar-refractivity contribution in [3.05, 3.63) is 23.3 Å². The Morgan fingerprint density at radius 1 is 1.10 bits per heavy atom. The van der Waals surface area contributed by atoms with E-state index in [0.29, 0.717) is 12.1 Å². The molecule has 20 heavy (non-hydrogen) atoms.